The molecule has 5 rings (SSSR count). The SMILES string of the molecule is COc1ccc(N2CCC(NC(=O)CSc3nnc(-c4ccccc4)n3-c3ccccc3)CC2)cc1. The number of methoxy groups -OCH3 is 1. The van der Waals surface area contributed by atoms with Crippen molar-refractivity contribution >= 4 is 23.4 Å². The number of anilines is 1. The molecule has 1 N–H and O–H groups in total. The Morgan fingerprint density at radius 2 is 1.58 bits per heavy atom. The van der Waals surface area contributed by atoms with E-state index >= 15 is 0 Å². The van der Waals surface area contributed by atoms with Gasteiger partial charge in [0.1, 0.15) is 5.75 Å². The molecule has 3 aromatic carbocycles. The number of hydrogen-bond acceptors (Lipinski definition) is 6. The number of aromatic nitrogens is 3. The van der Waals surface area contributed by atoms with Gasteiger partial charge >= 0.3 is 0 Å². The van der Waals surface area contributed by atoms with E-state index in [0.29, 0.717) is 10.9 Å². The standard InChI is InChI=1S/C28H29N5O2S/c1-35-25-14-12-23(13-15-25)32-18-16-22(17-19-32)29-26(34)20-36-28-31-30-27(21-8-4-2-5-9-21)33(28)24-10-6-3-7-11-24/h2-15,22H,16-20H2,1H3,(H,29,34). The van der Waals surface area contributed by atoms with Crippen LogP contribution in [0, 0.1) is 0 Å². The molecule has 0 atom stereocenters. The topological polar surface area (TPSA) is 72.3 Å². The second kappa shape index (κ2) is 11.3. The number of hydrogen-bond donors (Lipinski definition) is 1. The Hall–Kier alpha value is -3.78. The van der Waals surface area contributed by atoms with E-state index in [4.69, 9.17) is 4.74 Å². The summed E-state index contributed by atoms with van der Waals surface area (Å²) in [6, 6.07) is 28.3. The lowest BCUT2D eigenvalue weighted by atomic mass is 10.0. The van der Waals surface area contributed by atoms with E-state index in [9.17, 15) is 4.79 Å². The lowest BCUT2D eigenvalue weighted by Gasteiger charge is -2.34. The highest BCUT2D eigenvalue weighted by Gasteiger charge is 2.22. The summed E-state index contributed by atoms with van der Waals surface area (Å²) >= 11 is 1.41. The number of benzene rings is 3. The number of piperidine rings is 1. The third-order valence-electron chi connectivity index (χ3n) is 6.31. The van der Waals surface area contributed by atoms with Crippen LogP contribution in [0.15, 0.2) is 90.1 Å². The number of para-hydroxylation sites is 1. The maximum Gasteiger partial charge on any atom is 0.230 e. The number of ether oxygens (including phenoxy) is 1. The molecule has 1 aromatic heterocycles. The number of carbonyl (C=O) groups excluding carboxylic acids is 1. The highest BCUT2D eigenvalue weighted by Crippen LogP contribution is 2.28. The van der Waals surface area contributed by atoms with Gasteiger partial charge in [-0.1, -0.05) is 60.3 Å². The summed E-state index contributed by atoms with van der Waals surface area (Å²) in [4.78, 5) is 15.2. The third-order valence-corrected chi connectivity index (χ3v) is 7.24. The van der Waals surface area contributed by atoms with Gasteiger partial charge in [-0.3, -0.25) is 9.36 Å². The van der Waals surface area contributed by atoms with Crippen molar-refractivity contribution in [1.29, 1.82) is 0 Å². The summed E-state index contributed by atoms with van der Waals surface area (Å²) in [5.41, 5.74) is 3.13. The molecule has 0 unspecified atom stereocenters. The zero-order valence-electron chi connectivity index (χ0n) is 20.2. The van der Waals surface area contributed by atoms with Gasteiger partial charge in [0, 0.05) is 36.1 Å². The smallest absolute Gasteiger partial charge is 0.230 e. The summed E-state index contributed by atoms with van der Waals surface area (Å²) in [5, 5.41) is 12.8. The number of nitrogens with one attached hydrogen (secondary N) is 1. The van der Waals surface area contributed by atoms with Gasteiger partial charge in [0.05, 0.1) is 12.9 Å². The van der Waals surface area contributed by atoms with Gasteiger partial charge in [-0.25, -0.2) is 0 Å². The molecular formula is C28H29N5O2S. The lowest BCUT2D eigenvalue weighted by molar-refractivity contribution is -0.119. The fourth-order valence-electron chi connectivity index (χ4n) is 4.42. The molecule has 4 aromatic rings. The third kappa shape index (κ3) is 5.54. The minimum absolute atomic E-state index is 0.0202. The van der Waals surface area contributed by atoms with Crippen molar-refractivity contribution < 1.29 is 9.53 Å². The van der Waals surface area contributed by atoms with E-state index in [2.05, 4.69) is 32.5 Å². The molecule has 0 spiro atoms. The fraction of sp³-hybridized carbons (Fsp3) is 0.250. The largest absolute Gasteiger partial charge is 0.497 e. The summed E-state index contributed by atoms with van der Waals surface area (Å²) in [6.07, 6.45) is 1.83. The minimum atomic E-state index is 0.0202. The average molecular weight is 500 g/mol. The van der Waals surface area contributed by atoms with Crippen LogP contribution in [0.25, 0.3) is 17.1 Å². The molecule has 2 heterocycles. The molecule has 1 fully saturated rings. The Morgan fingerprint density at radius 1 is 0.917 bits per heavy atom. The van der Waals surface area contributed by atoms with Crippen molar-refractivity contribution in [3.05, 3.63) is 84.9 Å². The van der Waals surface area contributed by atoms with Crippen molar-refractivity contribution in [2.45, 2.75) is 24.0 Å². The highest BCUT2D eigenvalue weighted by molar-refractivity contribution is 7.99. The Morgan fingerprint density at radius 3 is 2.25 bits per heavy atom. The van der Waals surface area contributed by atoms with Crippen molar-refractivity contribution in [3.8, 4) is 22.8 Å². The minimum Gasteiger partial charge on any atom is -0.497 e. The molecule has 1 saturated heterocycles. The molecule has 1 amide bonds. The molecule has 0 saturated carbocycles. The zero-order chi connectivity index (χ0) is 24.7. The van der Waals surface area contributed by atoms with Crippen LogP contribution in [0.5, 0.6) is 5.75 Å². The lowest BCUT2D eigenvalue weighted by Crippen LogP contribution is -2.45. The van der Waals surface area contributed by atoms with E-state index in [1.54, 1.807) is 7.11 Å². The van der Waals surface area contributed by atoms with Crippen molar-refractivity contribution in [1.82, 2.24) is 20.1 Å². The Labute approximate surface area is 215 Å². The first-order valence-electron chi connectivity index (χ1n) is 12.1. The molecule has 8 heteroatoms. The van der Waals surface area contributed by atoms with Crippen LogP contribution in [0.3, 0.4) is 0 Å². The van der Waals surface area contributed by atoms with Crippen LogP contribution in [-0.2, 0) is 4.79 Å². The summed E-state index contributed by atoms with van der Waals surface area (Å²) in [7, 11) is 1.68. The molecule has 7 nitrogen and oxygen atoms in total. The van der Waals surface area contributed by atoms with Gasteiger partial charge in [-0.15, -0.1) is 10.2 Å². The van der Waals surface area contributed by atoms with Gasteiger partial charge < -0.3 is 15.0 Å². The monoisotopic (exact) mass is 499 g/mol. The van der Waals surface area contributed by atoms with E-state index in [-0.39, 0.29) is 11.9 Å². The van der Waals surface area contributed by atoms with Crippen LogP contribution in [0.2, 0.25) is 0 Å². The molecule has 1 aliphatic heterocycles. The van der Waals surface area contributed by atoms with Crippen LogP contribution >= 0.6 is 11.8 Å². The van der Waals surface area contributed by atoms with Crippen molar-refractivity contribution in [2.75, 3.05) is 30.9 Å². The second-order valence-corrected chi connectivity index (χ2v) is 9.60. The molecule has 0 bridgehead atoms. The Bertz CT molecular complexity index is 1270. The first kappa shape index (κ1) is 23.9. The van der Waals surface area contributed by atoms with E-state index < -0.39 is 0 Å². The predicted molar refractivity (Wildman–Crippen MR) is 144 cm³/mol. The number of nitrogens with zero attached hydrogens (tertiary/aromatic N) is 4. The molecule has 0 aliphatic carbocycles. The molecule has 1 aliphatic rings. The van der Waals surface area contributed by atoms with Crippen LogP contribution in [0.1, 0.15) is 12.8 Å². The predicted octanol–water partition coefficient (Wildman–Crippen LogP) is 4.82. The van der Waals surface area contributed by atoms with E-state index in [0.717, 1.165) is 48.8 Å². The van der Waals surface area contributed by atoms with Gasteiger partial charge in [-0.05, 0) is 49.2 Å². The van der Waals surface area contributed by atoms with Crippen molar-refractivity contribution in [2.24, 2.45) is 0 Å². The van der Waals surface area contributed by atoms with E-state index in [1.807, 2.05) is 77.4 Å². The van der Waals surface area contributed by atoms with Crippen LogP contribution in [-0.4, -0.2) is 52.7 Å². The Kier molecular flexibility index (Phi) is 7.52. The number of thioether (sulfide) groups is 1. The number of rotatable bonds is 8. The second-order valence-electron chi connectivity index (χ2n) is 8.66. The summed E-state index contributed by atoms with van der Waals surface area (Å²) in [5.74, 6) is 1.93. The summed E-state index contributed by atoms with van der Waals surface area (Å²) < 4.78 is 7.27. The molecule has 36 heavy (non-hydrogen) atoms. The first-order valence-corrected chi connectivity index (χ1v) is 13.1. The Balaban J connectivity index is 1.20. The quantitative estimate of drug-likeness (QED) is 0.351. The van der Waals surface area contributed by atoms with E-state index in [1.165, 1.54) is 17.4 Å². The average Bonchev–Trinajstić information content (AvgIpc) is 3.37. The first-order chi connectivity index (χ1) is 17.7. The van der Waals surface area contributed by atoms with Crippen molar-refractivity contribution in [3.63, 3.8) is 0 Å². The van der Waals surface area contributed by atoms with Gasteiger partial charge in [0.15, 0.2) is 11.0 Å². The normalized spacial score (nSPS) is 14.0. The molecule has 184 valence electrons. The van der Waals surface area contributed by atoms with Gasteiger partial charge in [-0.2, -0.15) is 0 Å². The zero-order valence-corrected chi connectivity index (χ0v) is 21.0. The maximum absolute atomic E-state index is 12.8. The van der Waals surface area contributed by atoms with Crippen LogP contribution < -0.4 is 15.0 Å². The number of carbonyl (C=O) groups is 1. The van der Waals surface area contributed by atoms with Gasteiger partial charge in [0.25, 0.3) is 0 Å². The molecular weight excluding hydrogens is 470 g/mol. The van der Waals surface area contributed by atoms with Gasteiger partial charge in [0.2, 0.25) is 5.91 Å². The highest BCUT2D eigenvalue weighted by atomic mass is 32.2. The fourth-order valence-corrected chi connectivity index (χ4v) is 5.18. The van der Waals surface area contributed by atoms with Crippen LogP contribution in [0.4, 0.5) is 5.69 Å². The molecule has 0 radical (unpaired) electrons. The summed E-state index contributed by atoms with van der Waals surface area (Å²) in [6.45, 7) is 1.82. The maximum atomic E-state index is 12.8. The number of amides is 1.